The SMILES string of the molecule is O=C1CN(C2CCCCN2)C(=O)CN1. The number of amides is 2. The zero-order valence-corrected chi connectivity index (χ0v) is 8.08. The molecule has 0 radical (unpaired) electrons. The summed E-state index contributed by atoms with van der Waals surface area (Å²) in [6, 6.07) is 0. The molecule has 0 aromatic carbocycles. The van der Waals surface area contributed by atoms with E-state index in [0.29, 0.717) is 0 Å². The number of nitrogens with one attached hydrogen (secondary N) is 2. The van der Waals surface area contributed by atoms with Crippen LogP contribution in [0.3, 0.4) is 0 Å². The average Bonchev–Trinajstić information content (AvgIpc) is 2.23. The van der Waals surface area contributed by atoms with E-state index in [1.54, 1.807) is 4.90 Å². The average molecular weight is 197 g/mol. The molecule has 0 spiro atoms. The monoisotopic (exact) mass is 197 g/mol. The number of piperidine rings is 1. The van der Waals surface area contributed by atoms with Crippen molar-refractivity contribution < 1.29 is 9.59 Å². The minimum atomic E-state index is -0.0584. The zero-order valence-electron chi connectivity index (χ0n) is 8.08. The van der Waals surface area contributed by atoms with Crippen LogP contribution in [0.25, 0.3) is 0 Å². The van der Waals surface area contributed by atoms with Gasteiger partial charge >= 0.3 is 0 Å². The molecule has 5 nitrogen and oxygen atoms in total. The Hall–Kier alpha value is -1.10. The molecule has 0 aliphatic carbocycles. The predicted molar refractivity (Wildman–Crippen MR) is 50.4 cm³/mol. The van der Waals surface area contributed by atoms with E-state index >= 15 is 0 Å². The number of hydrogen-bond donors (Lipinski definition) is 2. The second-order valence-corrected chi connectivity index (χ2v) is 3.76. The van der Waals surface area contributed by atoms with Crippen LogP contribution in [0.15, 0.2) is 0 Å². The smallest absolute Gasteiger partial charge is 0.243 e. The summed E-state index contributed by atoms with van der Waals surface area (Å²) in [5.41, 5.74) is 0. The molecule has 2 aliphatic rings. The third-order valence-electron chi connectivity index (χ3n) is 2.73. The number of piperazine rings is 1. The van der Waals surface area contributed by atoms with Gasteiger partial charge < -0.3 is 10.2 Å². The Balaban J connectivity index is 1.99. The van der Waals surface area contributed by atoms with E-state index in [1.807, 2.05) is 0 Å². The first kappa shape index (κ1) is 9.45. The van der Waals surface area contributed by atoms with Crippen molar-refractivity contribution in [3.8, 4) is 0 Å². The van der Waals surface area contributed by atoms with Gasteiger partial charge in [0.15, 0.2) is 0 Å². The lowest BCUT2D eigenvalue weighted by atomic mass is 10.1. The predicted octanol–water partition coefficient (Wildman–Crippen LogP) is -0.956. The molecule has 2 heterocycles. The molecule has 2 amide bonds. The van der Waals surface area contributed by atoms with Crippen LogP contribution >= 0.6 is 0 Å². The molecule has 5 heteroatoms. The number of nitrogens with zero attached hydrogens (tertiary/aromatic N) is 1. The fourth-order valence-corrected chi connectivity index (χ4v) is 1.96. The maximum Gasteiger partial charge on any atom is 0.243 e. The van der Waals surface area contributed by atoms with Crippen LogP contribution in [-0.2, 0) is 9.59 Å². The minimum Gasteiger partial charge on any atom is -0.345 e. The highest BCUT2D eigenvalue weighted by molar-refractivity contribution is 5.92. The first-order chi connectivity index (χ1) is 6.77. The lowest BCUT2D eigenvalue weighted by molar-refractivity contribution is -0.144. The zero-order chi connectivity index (χ0) is 9.97. The molecule has 0 bridgehead atoms. The fraction of sp³-hybridized carbons (Fsp3) is 0.778. The number of hydrogen-bond acceptors (Lipinski definition) is 3. The molecule has 2 fully saturated rings. The lowest BCUT2D eigenvalue weighted by Crippen LogP contribution is -2.59. The van der Waals surface area contributed by atoms with E-state index in [1.165, 1.54) is 0 Å². The van der Waals surface area contributed by atoms with Crippen LogP contribution < -0.4 is 10.6 Å². The molecule has 14 heavy (non-hydrogen) atoms. The number of carbonyl (C=O) groups excluding carboxylic acids is 2. The van der Waals surface area contributed by atoms with E-state index in [9.17, 15) is 9.59 Å². The molecule has 2 aliphatic heterocycles. The first-order valence-electron chi connectivity index (χ1n) is 5.07. The Morgan fingerprint density at radius 1 is 1.29 bits per heavy atom. The Morgan fingerprint density at radius 2 is 2.14 bits per heavy atom. The first-order valence-corrected chi connectivity index (χ1v) is 5.07. The van der Waals surface area contributed by atoms with Crippen molar-refractivity contribution in [2.75, 3.05) is 19.6 Å². The van der Waals surface area contributed by atoms with E-state index in [0.717, 1.165) is 25.8 Å². The highest BCUT2D eigenvalue weighted by Gasteiger charge is 2.29. The third kappa shape index (κ3) is 1.87. The summed E-state index contributed by atoms with van der Waals surface area (Å²) < 4.78 is 0. The summed E-state index contributed by atoms with van der Waals surface area (Å²) in [7, 11) is 0. The van der Waals surface area contributed by atoms with E-state index < -0.39 is 0 Å². The number of rotatable bonds is 1. The van der Waals surface area contributed by atoms with Crippen LogP contribution in [0.5, 0.6) is 0 Å². The van der Waals surface area contributed by atoms with Crippen LogP contribution in [0, 0.1) is 0 Å². The maximum atomic E-state index is 11.5. The van der Waals surface area contributed by atoms with Crippen LogP contribution in [-0.4, -0.2) is 42.5 Å². The summed E-state index contributed by atoms with van der Waals surface area (Å²) in [6.45, 7) is 1.30. The molecule has 2 saturated heterocycles. The molecule has 2 rings (SSSR count). The second kappa shape index (κ2) is 3.96. The molecule has 1 unspecified atom stereocenters. The van der Waals surface area contributed by atoms with Crippen LogP contribution in [0.1, 0.15) is 19.3 Å². The Morgan fingerprint density at radius 3 is 2.86 bits per heavy atom. The van der Waals surface area contributed by atoms with Gasteiger partial charge in [-0.1, -0.05) is 0 Å². The molecule has 0 aromatic rings. The summed E-state index contributed by atoms with van der Waals surface area (Å²) >= 11 is 0. The van der Waals surface area contributed by atoms with Gasteiger partial charge in [0.25, 0.3) is 0 Å². The summed E-state index contributed by atoms with van der Waals surface area (Å²) in [4.78, 5) is 24.3. The molecule has 2 N–H and O–H groups in total. The maximum absolute atomic E-state index is 11.5. The van der Waals surface area contributed by atoms with Gasteiger partial charge in [-0.15, -0.1) is 0 Å². The van der Waals surface area contributed by atoms with Crippen molar-refractivity contribution in [2.24, 2.45) is 0 Å². The fourth-order valence-electron chi connectivity index (χ4n) is 1.96. The van der Waals surface area contributed by atoms with Crippen molar-refractivity contribution in [1.82, 2.24) is 15.5 Å². The highest BCUT2D eigenvalue weighted by atomic mass is 16.2. The molecule has 0 aromatic heterocycles. The summed E-state index contributed by atoms with van der Waals surface area (Å²) in [5, 5.41) is 5.81. The largest absolute Gasteiger partial charge is 0.345 e. The van der Waals surface area contributed by atoms with Crippen molar-refractivity contribution in [2.45, 2.75) is 25.4 Å². The molecule has 1 atom stereocenters. The van der Waals surface area contributed by atoms with Crippen molar-refractivity contribution >= 4 is 11.8 Å². The van der Waals surface area contributed by atoms with Gasteiger partial charge in [0.1, 0.15) is 6.54 Å². The van der Waals surface area contributed by atoms with Gasteiger partial charge in [0.2, 0.25) is 11.8 Å². The molecular formula is C9H15N3O2. The Kier molecular flexibility index (Phi) is 2.67. The Labute approximate surface area is 82.8 Å². The highest BCUT2D eigenvalue weighted by Crippen LogP contribution is 2.12. The molecular weight excluding hydrogens is 182 g/mol. The van der Waals surface area contributed by atoms with Gasteiger partial charge in [0, 0.05) is 0 Å². The standard InChI is InChI=1S/C9H15N3O2/c13-8-6-12(9(14)5-11-8)7-3-1-2-4-10-7/h7,10H,1-6H2,(H,11,13). The normalized spacial score (nSPS) is 28.9. The minimum absolute atomic E-state index is 0.0176. The Bertz CT molecular complexity index is 248. The topological polar surface area (TPSA) is 61.4 Å². The number of carbonyl (C=O) groups is 2. The quantitative estimate of drug-likeness (QED) is 0.569. The summed E-state index contributed by atoms with van der Waals surface area (Å²) in [6.07, 6.45) is 3.31. The van der Waals surface area contributed by atoms with Crippen molar-refractivity contribution in [1.29, 1.82) is 0 Å². The van der Waals surface area contributed by atoms with Gasteiger partial charge in [-0.05, 0) is 25.8 Å². The molecule has 0 saturated carbocycles. The molecule has 78 valence electrons. The van der Waals surface area contributed by atoms with Crippen molar-refractivity contribution in [3.63, 3.8) is 0 Å². The van der Waals surface area contributed by atoms with Gasteiger partial charge in [-0.2, -0.15) is 0 Å². The van der Waals surface area contributed by atoms with Crippen molar-refractivity contribution in [3.05, 3.63) is 0 Å². The summed E-state index contributed by atoms with van der Waals surface area (Å²) in [5.74, 6) is -0.0408. The lowest BCUT2D eigenvalue weighted by Gasteiger charge is -2.36. The van der Waals surface area contributed by atoms with Gasteiger partial charge in [0.05, 0.1) is 12.7 Å². The van der Waals surface area contributed by atoms with Gasteiger partial charge in [-0.3, -0.25) is 14.9 Å². The second-order valence-electron chi connectivity index (χ2n) is 3.76. The third-order valence-corrected chi connectivity index (χ3v) is 2.73. The van der Waals surface area contributed by atoms with Crippen LogP contribution in [0.2, 0.25) is 0 Å². The van der Waals surface area contributed by atoms with E-state index in [4.69, 9.17) is 0 Å². The van der Waals surface area contributed by atoms with Gasteiger partial charge in [-0.25, -0.2) is 0 Å². The van der Waals surface area contributed by atoms with Crippen LogP contribution in [0.4, 0.5) is 0 Å². The van der Waals surface area contributed by atoms with E-state index in [2.05, 4.69) is 10.6 Å². The van der Waals surface area contributed by atoms with E-state index in [-0.39, 0.29) is 31.1 Å².